The van der Waals surface area contributed by atoms with Crippen LogP contribution in [0.15, 0.2) is 6.07 Å². The Balaban J connectivity index is 2.44. The van der Waals surface area contributed by atoms with Crippen molar-refractivity contribution in [1.82, 2.24) is 4.98 Å². The van der Waals surface area contributed by atoms with Crippen LogP contribution in [-0.2, 0) is 0 Å². The molecule has 4 nitrogen and oxygen atoms in total. The number of nitriles is 1. The van der Waals surface area contributed by atoms with Crippen molar-refractivity contribution in [2.45, 2.75) is 46.1 Å². The van der Waals surface area contributed by atoms with E-state index in [9.17, 15) is 5.26 Å². The smallest absolute Gasteiger partial charge is 0.147 e. The number of hydrogen-bond donors (Lipinski definition) is 1. The lowest BCUT2D eigenvalue weighted by Gasteiger charge is -2.33. The zero-order valence-corrected chi connectivity index (χ0v) is 12.7. The molecule has 2 unspecified atom stereocenters. The van der Waals surface area contributed by atoms with E-state index < -0.39 is 0 Å². The topological polar surface area (TPSA) is 65.9 Å². The summed E-state index contributed by atoms with van der Waals surface area (Å²) in [4.78, 5) is 6.95. The van der Waals surface area contributed by atoms with Crippen LogP contribution in [0.5, 0.6) is 0 Å². The van der Waals surface area contributed by atoms with Crippen LogP contribution in [0.2, 0.25) is 0 Å². The van der Waals surface area contributed by atoms with Crippen molar-refractivity contribution in [3.63, 3.8) is 0 Å². The van der Waals surface area contributed by atoms with E-state index in [0.717, 1.165) is 30.0 Å². The average Bonchev–Trinajstić information content (AvgIpc) is 2.87. The number of nitrogens with two attached hydrogens (primary N) is 1. The summed E-state index contributed by atoms with van der Waals surface area (Å²) < 4.78 is 0. The normalized spacial score (nSPS) is 21.8. The van der Waals surface area contributed by atoms with Gasteiger partial charge in [0.05, 0.1) is 5.56 Å². The molecular weight excluding hydrogens is 248 g/mol. The molecule has 0 saturated heterocycles. The first-order chi connectivity index (χ1) is 9.62. The summed E-state index contributed by atoms with van der Waals surface area (Å²) in [6, 6.07) is 4.73. The Bertz CT molecular complexity index is 518. The monoisotopic (exact) mass is 272 g/mol. The second-order valence-electron chi connectivity index (χ2n) is 5.67. The maximum Gasteiger partial charge on any atom is 0.147 e. The maximum atomic E-state index is 9.46. The molecule has 1 heterocycles. The second kappa shape index (κ2) is 6.23. The Morgan fingerprint density at radius 3 is 2.80 bits per heavy atom. The number of aryl methyl sites for hydroxylation is 2. The van der Waals surface area contributed by atoms with Crippen LogP contribution in [0.25, 0.3) is 0 Å². The molecule has 0 spiro atoms. The number of nitrogens with zero attached hydrogens (tertiary/aromatic N) is 3. The van der Waals surface area contributed by atoms with E-state index in [0.29, 0.717) is 24.1 Å². The highest BCUT2D eigenvalue weighted by Gasteiger charge is 2.32. The van der Waals surface area contributed by atoms with Gasteiger partial charge in [-0.1, -0.05) is 6.42 Å². The van der Waals surface area contributed by atoms with E-state index in [1.165, 1.54) is 12.8 Å². The predicted octanol–water partition coefficient (Wildman–Crippen LogP) is 2.52. The summed E-state index contributed by atoms with van der Waals surface area (Å²) in [7, 11) is 0. The molecule has 0 aromatic carbocycles. The third-order valence-corrected chi connectivity index (χ3v) is 4.37. The van der Waals surface area contributed by atoms with Crippen molar-refractivity contribution in [2.75, 3.05) is 18.0 Å². The largest absolute Gasteiger partial charge is 0.352 e. The van der Waals surface area contributed by atoms with Crippen molar-refractivity contribution >= 4 is 5.82 Å². The lowest BCUT2D eigenvalue weighted by atomic mass is 10.0. The molecule has 1 aromatic heterocycles. The van der Waals surface area contributed by atoms with Gasteiger partial charge in [0, 0.05) is 18.3 Å². The molecule has 0 radical (unpaired) electrons. The Labute approximate surface area is 121 Å². The minimum Gasteiger partial charge on any atom is -0.352 e. The third-order valence-electron chi connectivity index (χ3n) is 4.37. The van der Waals surface area contributed by atoms with Gasteiger partial charge in [-0.15, -0.1) is 0 Å². The molecule has 2 N–H and O–H groups in total. The van der Waals surface area contributed by atoms with Gasteiger partial charge in [-0.3, -0.25) is 0 Å². The van der Waals surface area contributed by atoms with Gasteiger partial charge < -0.3 is 10.6 Å². The summed E-state index contributed by atoms with van der Waals surface area (Å²) >= 11 is 0. The molecule has 2 atom stereocenters. The zero-order valence-electron chi connectivity index (χ0n) is 12.7. The predicted molar refractivity (Wildman–Crippen MR) is 81.6 cm³/mol. The second-order valence-corrected chi connectivity index (χ2v) is 5.67. The standard InChI is InChI=1S/C16H24N4/c1-4-20(15-7-5-6-13(15)9-17)16-14(10-18)11(2)8-12(3)19-16/h8,13,15H,4-7,9,17H2,1-3H3. The fourth-order valence-corrected chi connectivity index (χ4v) is 3.41. The van der Waals surface area contributed by atoms with Gasteiger partial charge in [0.2, 0.25) is 0 Å². The fourth-order valence-electron chi connectivity index (χ4n) is 3.41. The molecule has 1 aliphatic carbocycles. The van der Waals surface area contributed by atoms with Gasteiger partial charge in [-0.05, 0) is 57.7 Å². The summed E-state index contributed by atoms with van der Waals surface area (Å²) in [5.74, 6) is 1.36. The summed E-state index contributed by atoms with van der Waals surface area (Å²) in [6.45, 7) is 7.69. The van der Waals surface area contributed by atoms with Crippen molar-refractivity contribution in [3.8, 4) is 6.07 Å². The van der Waals surface area contributed by atoms with E-state index in [4.69, 9.17) is 5.73 Å². The maximum absolute atomic E-state index is 9.46. The zero-order chi connectivity index (χ0) is 14.7. The van der Waals surface area contributed by atoms with Crippen molar-refractivity contribution < 1.29 is 0 Å². The SMILES string of the molecule is CCN(c1nc(C)cc(C)c1C#N)C1CCCC1CN. The van der Waals surface area contributed by atoms with Crippen LogP contribution >= 0.6 is 0 Å². The number of anilines is 1. The highest BCUT2D eigenvalue weighted by molar-refractivity contribution is 5.58. The van der Waals surface area contributed by atoms with Gasteiger partial charge in [-0.2, -0.15) is 5.26 Å². The Morgan fingerprint density at radius 1 is 1.45 bits per heavy atom. The van der Waals surface area contributed by atoms with Crippen molar-refractivity contribution in [2.24, 2.45) is 11.7 Å². The molecular formula is C16H24N4. The first-order valence-corrected chi connectivity index (χ1v) is 7.47. The lowest BCUT2D eigenvalue weighted by molar-refractivity contribution is 0.459. The minimum absolute atomic E-state index is 0.422. The van der Waals surface area contributed by atoms with E-state index in [1.54, 1.807) is 0 Å². The van der Waals surface area contributed by atoms with Crippen LogP contribution in [0.3, 0.4) is 0 Å². The van der Waals surface area contributed by atoms with Gasteiger partial charge >= 0.3 is 0 Å². The molecule has 2 rings (SSSR count). The third kappa shape index (κ3) is 2.64. The quantitative estimate of drug-likeness (QED) is 0.914. The number of aromatic nitrogens is 1. The number of rotatable bonds is 4. The molecule has 0 bridgehead atoms. The molecule has 1 aromatic rings. The summed E-state index contributed by atoms with van der Waals surface area (Å²) in [5, 5.41) is 9.46. The average molecular weight is 272 g/mol. The molecule has 0 aliphatic heterocycles. The number of pyridine rings is 1. The Kier molecular flexibility index (Phi) is 4.61. The molecule has 4 heteroatoms. The first-order valence-electron chi connectivity index (χ1n) is 7.47. The van der Waals surface area contributed by atoms with Gasteiger partial charge in [-0.25, -0.2) is 4.98 Å². The Morgan fingerprint density at radius 2 is 2.20 bits per heavy atom. The highest BCUT2D eigenvalue weighted by atomic mass is 15.2. The van der Waals surface area contributed by atoms with Gasteiger partial charge in [0.15, 0.2) is 0 Å². The molecule has 1 aliphatic rings. The van der Waals surface area contributed by atoms with Gasteiger partial charge in [0.1, 0.15) is 11.9 Å². The molecule has 20 heavy (non-hydrogen) atoms. The summed E-state index contributed by atoms with van der Waals surface area (Å²) in [6.07, 6.45) is 3.55. The first kappa shape index (κ1) is 14.8. The van der Waals surface area contributed by atoms with Crippen molar-refractivity contribution in [1.29, 1.82) is 5.26 Å². The van der Waals surface area contributed by atoms with Crippen LogP contribution in [0.4, 0.5) is 5.82 Å². The highest BCUT2D eigenvalue weighted by Crippen LogP contribution is 2.33. The Hall–Kier alpha value is -1.60. The van der Waals surface area contributed by atoms with Crippen LogP contribution < -0.4 is 10.6 Å². The van der Waals surface area contributed by atoms with Crippen LogP contribution in [-0.4, -0.2) is 24.1 Å². The van der Waals surface area contributed by atoms with E-state index in [2.05, 4.69) is 22.9 Å². The molecule has 108 valence electrons. The van der Waals surface area contributed by atoms with Crippen LogP contribution in [0.1, 0.15) is 43.0 Å². The number of hydrogen-bond acceptors (Lipinski definition) is 4. The molecule has 0 amide bonds. The van der Waals surface area contributed by atoms with Gasteiger partial charge in [0.25, 0.3) is 0 Å². The summed E-state index contributed by atoms with van der Waals surface area (Å²) in [5.41, 5.74) is 8.60. The molecule has 1 fully saturated rings. The van der Waals surface area contributed by atoms with Crippen LogP contribution in [0, 0.1) is 31.1 Å². The van der Waals surface area contributed by atoms with Crippen molar-refractivity contribution in [3.05, 3.63) is 22.9 Å². The van der Waals surface area contributed by atoms with E-state index in [1.807, 2.05) is 19.9 Å². The van der Waals surface area contributed by atoms with E-state index in [-0.39, 0.29) is 0 Å². The fraction of sp³-hybridized carbons (Fsp3) is 0.625. The van der Waals surface area contributed by atoms with E-state index >= 15 is 0 Å². The lowest BCUT2D eigenvalue weighted by Crippen LogP contribution is -2.41. The molecule has 1 saturated carbocycles. The minimum atomic E-state index is 0.422.